The van der Waals surface area contributed by atoms with Crippen molar-refractivity contribution in [2.75, 3.05) is 26.7 Å². The van der Waals surface area contributed by atoms with E-state index in [4.69, 9.17) is 0 Å². The van der Waals surface area contributed by atoms with Crippen LogP contribution < -0.4 is 0 Å². The molecule has 3 heteroatoms. The van der Waals surface area contributed by atoms with Crippen LogP contribution in [0.4, 0.5) is 0 Å². The zero-order valence-corrected chi connectivity index (χ0v) is 10.1. The molecule has 1 atom stereocenters. The number of hydrogen-bond acceptors (Lipinski definition) is 2. The van der Waals surface area contributed by atoms with Crippen LogP contribution in [0.2, 0.25) is 0 Å². The van der Waals surface area contributed by atoms with Crippen LogP contribution in [-0.2, 0) is 4.79 Å². The molecule has 2 saturated heterocycles. The summed E-state index contributed by atoms with van der Waals surface area (Å²) in [6.07, 6.45) is 3.34. The van der Waals surface area contributed by atoms with Crippen LogP contribution in [0, 0.1) is 5.41 Å². The fourth-order valence-corrected chi connectivity index (χ4v) is 2.98. The van der Waals surface area contributed by atoms with Gasteiger partial charge in [-0.2, -0.15) is 0 Å². The number of carbonyl (C=O) groups is 1. The number of piperidine rings is 1. The van der Waals surface area contributed by atoms with Crippen LogP contribution >= 0.6 is 0 Å². The van der Waals surface area contributed by atoms with Crippen LogP contribution in [0.3, 0.4) is 0 Å². The minimum absolute atomic E-state index is 0.0305. The van der Waals surface area contributed by atoms with Gasteiger partial charge in [-0.3, -0.25) is 9.69 Å². The first-order valence-electron chi connectivity index (χ1n) is 6.05. The predicted octanol–water partition coefficient (Wildman–Crippen LogP) is 1.34. The van der Waals surface area contributed by atoms with Gasteiger partial charge in [0.05, 0.1) is 5.41 Å². The Labute approximate surface area is 92.4 Å². The van der Waals surface area contributed by atoms with E-state index >= 15 is 0 Å². The standard InChI is InChI=1S/C12H22N2O/c1-10(2)14-7-4-5-12(9-14)6-8-13(3)11(12)15/h10H,4-9H2,1-3H3/t12-/m1/s1. The summed E-state index contributed by atoms with van der Waals surface area (Å²) in [4.78, 5) is 16.5. The van der Waals surface area contributed by atoms with E-state index in [2.05, 4.69) is 18.7 Å². The van der Waals surface area contributed by atoms with Crippen molar-refractivity contribution in [3.63, 3.8) is 0 Å². The second-order valence-electron chi connectivity index (χ2n) is 5.42. The molecular formula is C12H22N2O. The number of likely N-dealkylation sites (tertiary alicyclic amines) is 2. The van der Waals surface area contributed by atoms with Crippen molar-refractivity contribution in [1.29, 1.82) is 0 Å². The molecular weight excluding hydrogens is 188 g/mol. The third kappa shape index (κ3) is 1.78. The lowest BCUT2D eigenvalue weighted by Gasteiger charge is -2.40. The van der Waals surface area contributed by atoms with Crippen molar-refractivity contribution in [3.05, 3.63) is 0 Å². The average molecular weight is 210 g/mol. The molecule has 0 unspecified atom stereocenters. The van der Waals surface area contributed by atoms with Gasteiger partial charge in [-0.15, -0.1) is 0 Å². The molecule has 1 amide bonds. The smallest absolute Gasteiger partial charge is 0.229 e. The highest BCUT2D eigenvalue weighted by Crippen LogP contribution is 2.39. The molecule has 0 aliphatic carbocycles. The summed E-state index contributed by atoms with van der Waals surface area (Å²) in [7, 11) is 1.94. The average Bonchev–Trinajstić information content (AvgIpc) is 2.48. The molecule has 3 nitrogen and oxygen atoms in total. The molecule has 2 rings (SSSR count). The number of hydrogen-bond donors (Lipinski definition) is 0. The lowest BCUT2D eigenvalue weighted by Crippen LogP contribution is -2.49. The maximum Gasteiger partial charge on any atom is 0.229 e. The zero-order valence-electron chi connectivity index (χ0n) is 10.1. The van der Waals surface area contributed by atoms with E-state index in [1.54, 1.807) is 0 Å². The summed E-state index contributed by atoms with van der Waals surface area (Å²) in [6.45, 7) is 7.54. The molecule has 0 aromatic rings. The third-order valence-corrected chi connectivity index (χ3v) is 4.06. The van der Waals surface area contributed by atoms with Crippen molar-refractivity contribution in [3.8, 4) is 0 Å². The quantitative estimate of drug-likeness (QED) is 0.652. The Balaban J connectivity index is 2.12. The van der Waals surface area contributed by atoms with Crippen LogP contribution in [-0.4, -0.2) is 48.4 Å². The van der Waals surface area contributed by atoms with E-state index in [1.807, 2.05) is 11.9 Å². The second-order valence-corrected chi connectivity index (χ2v) is 5.42. The molecule has 0 aromatic heterocycles. The van der Waals surface area contributed by atoms with Gasteiger partial charge >= 0.3 is 0 Å². The Morgan fingerprint density at radius 3 is 2.53 bits per heavy atom. The van der Waals surface area contributed by atoms with Gasteiger partial charge < -0.3 is 4.90 Å². The molecule has 15 heavy (non-hydrogen) atoms. The maximum atomic E-state index is 12.1. The fraction of sp³-hybridized carbons (Fsp3) is 0.917. The van der Waals surface area contributed by atoms with E-state index in [1.165, 1.54) is 6.42 Å². The van der Waals surface area contributed by atoms with Crippen molar-refractivity contribution in [1.82, 2.24) is 9.80 Å². The van der Waals surface area contributed by atoms with Crippen molar-refractivity contribution < 1.29 is 4.79 Å². The van der Waals surface area contributed by atoms with Crippen LogP contribution in [0.5, 0.6) is 0 Å². The minimum atomic E-state index is -0.0305. The summed E-state index contributed by atoms with van der Waals surface area (Å²) < 4.78 is 0. The molecule has 0 saturated carbocycles. The monoisotopic (exact) mass is 210 g/mol. The van der Waals surface area contributed by atoms with Crippen molar-refractivity contribution >= 4 is 5.91 Å². The Morgan fingerprint density at radius 1 is 1.27 bits per heavy atom. The molecule has 0 aromatic carbocycles. The number of amides is 1. The SMILES string of the molecule is CC(C)N1CCC[C@@]2(CCN(C)C2=O)C1. The Kier molecular flexibility index (Phi) is 2.75. The number of rotatable bonds is 1. The van der Waals surface area contributed by atoms with Gasteiger partial charge in [-0.1, -0.05) is 0 Å². The fourth-order valence-electron chi connectivity index (χ4n) is 2.98. The zero-order chi connectivity index (χ0) is 11.1. The van der Waals surface area contributed by atoms with Gasteiger partial charge in [0, 0.05) is 26.2 Å². The third-order valence-electron chi connectivity index (χ3n) is 4.06. The van der Waals surface area contributed by atoms with Crippen LogP contribution in [0.15, 0.2) is 0 Å². The van der Waals surface area contributed by atoms with E-state index in [0.717, 1.165) is 32.5 Å². The van der Waals surface area contributed by atoms with Crippen molar-refractivity contribution in [2.24, 2.45) is 5.41 Å². The minimum Gasteiger partial charge on any atom is -0.345 e. The summed E-state index contributed by atoms with van der Waals surface area (Å²) in [5.74, 6) is 0.382. The lowest BCUT2D eigenvalue weighted by atomic mass is 9.78. The first-order chi connectivity index (χ1) is 7.05. The van der Waals surface area contributed by atoms with Crippen molar-refractivity contribution in [2.45, 2.75) is 39.2 Å². The highest BCUT2D eigenvalue weighted by molar-refractivity contribution is 5.85. The topological polar surface area (TPSA) is 23.6 Å². The second kappa shape index (κ2) is 3.78. The number of nitrogens with zero attached hydrogens (tertiary/aromatic N) is 2. The van der Waals surface area contributed by atoms with Gasteiger partial charge in [0.2, 0.25) is 5.91 Å². The first-order valence-corrected chi connectivity index (χ1v) is 6.05. The molecule has 2 fully saturated rings. The molecule has 2 aliphatic heterocycles. The predicted molar refractivity (Wildman–Crippen MR) is 60.6 cm³/mol. The summed E-state index contributed by atoms with van der Waals surface area (Å²) >= 11 is 0. The van der Waals surface area contributed by atoms with Gasteiger partial charge in [-0.25, -0.2) is 0 Å². The van der Waals surface area contributed by atoms with Gasteiger partial charge in [0.15, 0.2) is 0 Å². The summed E-state index contributed by atoms with van der Waals surface area (Å²) in [5.41, 5.74) is -0.0305. The molecule has 86 valence electrons. The largest absolute Gasteiger partial charge is 0.345 e. The van der Waals surface area contributed by atoms with E-state index < -0.39 is 0 Å². The summed E-state index contributed by atoms with van der Waals surface area (Å²) in [6, 6.07) is 0.570. The normalized spacial score (nSPS) is 33.3. The molecule has 0 bridgehead atoms. The molecule has 0 N–H and O–H groups in total. The molecule has 0 radical (unpaired) electrons. The Bertz CT molecular complexity index is 260. The molecule has 2 heterocycles. The maximum absolute atomic E-state index is 12.1. The highest BCUT2D eigenvalue weighted by Gasteiger charge is 2.47. The van der Waals surface area contributed by atoms with Gasteiger partial charge in [0.25, 0.3) is 0 Å². The van der Waals surface area contributed by atoms with Gasteiger partial charge in [0.1, 0.15) is 0 Å². The Hall–Kier alpha value is -0.570. The Morgan fingerprint density at radius 2 is 2.00 bits per heavy atom. The number of carbonyl (C=O) groups excluding carboxylic acids is 1. The van der Waals surface area contributed by atoms with Crippen LogP contribution in [0.1, 0.15) is 33.1 Å². The lowest BCUT2D eigenvalue weighted by molar-refractivity contribution is -0.138. The summed E-state index contributed by atoms with van der Waals surface area (Å²) in [5, 5.41) is 0. The first kappa shape index (κ1) is 10.9. The van der Waals surface area contributed by atoms with E-state index in [0.29, 0.717) is 11.9 Å². The van der Waals surface area contributed by atoms with Crippen LogP contribution in [0.25, 0.3) is 0 Å². The molecule has 2 aliphatic rings. The van der Waals surface area contributed by atoms with E-state index in [-0.39, 0.29) is 5.41 Å². The highest BCUT2D eigenvalue weighted by atomic mass is 16.2. The van der Waals surface area contributed by atoms with Gasteiger partial charge in [-0.05, 0) is 39.7 Å². The molecule has 1 spiro atoms. The van der Waals surface area contributed by atoms with E-state index in [9.17, 15) is 4.79 Å².